The molecule has 0 atom stereocenters. The molecule has 3 rings (SSSR count). The molecule has 0 aliphatic heterocycles. The fraction of sp³-hybridized carbons (Fsp3) is 0.286. The highest BCUT2D eigenvalue weighted by molar-refractivity contribution is 5.95. The third-order valence-corrected chi connectivity index (χ3v) is 4.29. The Morgan fingerprint density at radius 1 is 1.21 bits per heavy atom. The number of ether oxygens (including phenoxy) is 1. The molecule has 0 bridgehead atoms. The van der Waals surface area contributed by atoms with Crippen LogP contribution in [0.15, 0.2) is 42.7 Å². The number of aliphatic hydroxyl groups excluding tert-OH is 1. The quantitative estimate of drug-likeness (QED) is 0.454. The molecule has 0 fully saturated rings. The van der Waals surface area contributed by atoms with Crippen molar-refractivity contribution in [3.8, 4) is 11.5 Å². The molecule has 29 heavy (non-hydrogen) atoms. The van der Waals surface area contributed by atoms with Crippen molar-refractivity contribution >= 4 is 28.3 Å². The molecule has 0 aliphatic rings. The van der Waals surface area contributed by atoms with Gasteiger partial charge < -0.3 is 25.6 Å². The Morgan fingerprint density at radius 3 is 2.72 bits per heavy atom. The summed E-state index contributed by atoms with van der Waals surface area (Å²) in [6.07, 6.45) is 1.47. The first-order valence-electron chi connectivity index (χ1n) is 9.14. The highest BCUT2D eigenvalue weighted by Gasteiger charge is 2.22. The molecule has 0 spiro atoms. The van der Waals surface area contributed by atoms with Crippen LogP contribution in [0.2, 0.25) is 0 Å². The van der Waals surface area contributed by atoms with E-state index in [4.69, 9.17) is 9.84 Å². The number of aryl methyl sites for hydroxylation is 1. The second kappa shape index (κ2) is 8.32. The molecule has 0 aliphatic carbocycles. The molecule has 2 aromatic carbocycles. The van der Waals surface area contributed by atoms with Crippen LogP contribution in [0.25, 0.3) is 10.9 Å². The number of aromatic nitrogens is 2. The van der Waals surface area contributed by atoms with Crippen molar-refractivity contribution in [2.24, 2.45) is 0 Å². The topological polar surface area (TPSA) is 117 Å². The molecule has 0 saturated heterocycles. The van der Waals surface area contributed by atoms with Crippen LogP contribution in [0.3, 0.4) is 0 Å². The van der Waals surface area contributed by atoms with Gasteiger partial charge in [-0.05, 0) is 56.7 Å². The summed E-state index contributed by atoms with van der Waals surface area (Å²) in [5, 5.41) is 25.3. The van der Waals surface area contributed by atoms with Crippen molar-refractivity contribution in [2.75, 3.05) is 18.5 Å². The summed E-state index contributed by atoms with van der Waals surface area (Å²) in [6.45, 7) is 5.03. The number of nitrogens with zero attached hydrogens (tertiary/aromatic N) is 2. The molecule has 3 aromatic rings. The molecule has 1 aromatic heterocycles. The van der Waals surface area contributed by atoms with Gasteiger partial charge in [0.15, 0.2) is 0 Å². The Bertz CT molecular complexity index is 1030. The number of nitrogens with one attached hydrogen (secondary N) is 2. The molecule has 1 amide bonds. The average Bonchev–Trinajstić information content (AvgIpc) is 2.69. The van der Waals surface area contributed by atoms with Crippen molar-refractivity contribution in [2.45, 2.75) is 26.3 Å². The Balaban J connectivity index is 1.90. The summed E-state index contributed by atoms with van der Waals surface area (Å²) in [5.41, 5.74) is 1.53. The first-order chi connectivity index (χ1) is 13.8. The molecule has 8 heteroatoms. The molecule has 0 unspecified atom stereocenters. The highest BCUT2D eigenvalue weighted by atomic mass is 16.5. The van der Waals surface area contributed by atoms with Gasteiger partial charge in [-0.15, -0.1) is 0 Å². The lowest BCUT2D eigenvalue weighted by Crippen LogP contribution is -2.48. The fourth-order valence-electron chi connectivity index (χ4n) is 2.87. The number of amides is 1. The third-order valence-electron chi connectivity index (χ3n) is 4.29. The van der Waals surface area contributed by atoms with E-state index in [1.54, 1.807) is 26.0 Å². The van der Waals surface area contributed by atoms with Crippen LogP contribution in [0.4, 0.5) is 11.5 Å². The van der Waals surface area contributed by atoms with Gasteiger partial charge in [0, 0.05) is 5.69 Å². The zero-order valence-electron chi connectivity index (χ0n) is 16.6. The first kappa shape index (κ1) is 20.3. The lowest BCUT2D eigenvalue weighted by Gasteiger charge is -2.26. The molecular weight excluding hydrogens is 372 g/mol. The Morgan fingerprint density at radius 2 is 2.00 bits per heavy atom. The van der Waals surface area contributed by atoms with Crippen molar-refractivity contribution in [3.63, 3.8) is 0 Å². The lowest BCUT2D eigenvalue weighted by molar-refractivity contribution is -0.125. The van der Waals surface area contributed by atoms with Crippen LogP contribution in [0.1, 0.15) is 19.4 Å². The van der Waals surface area contributed by atoms with Crippen LogP contribution in [0.5, 0.6) is 11.5 Å². The van der Waals surface area contributed by atoms with E-state index in [1.807, 2.05) is 31.2 Å². The van der Waals surface area contributed by atoms with Crippen molar-refractivity contribution in [1.29, 1.82) is 0 Å². The standard InChI is InChI=1S/C21H24N4O4/c1-13-9-14(7-8-16(13)27)24-20-19-15(22-12-23-20)5-4-6-17(19)29-11-21(2,3)25-18(28)10-26/h4-9,12,26-27H,10-11H2,1-3H3,(H,25,28)(H,22,23,24). The molecule has 0 radical (unpaired) electrons. The number of fused-ring (bicyclic) bond motifs is 1. The number of carbonyl (C=O) groups excluding carboxylic acids is 1. The molecule has 1 heterocycles. The van der Waals surface area contributed by atoms with E-state index in [0.29, 0.717) is 22.5 Å². The minimum Gasteiger partial charge on any atom is -0.508 e. The lowest BCUT2D eigenvalue weighted by atomic mass is 10.1. The Hall–Kier alpha value is -3.39. The van der Waals surface area contributed by atoms with E-state index < -0.39 is 18.1 Å². The van der Waals surface area contributed by atoms with Gasteiger partial charge in [-0.2, -0.15) is 0 Å². The van der Waals surface area contributed by atoms with Crippen molar-refractivity contribution < 1.29 is 19.7 Å². The number of rotatable bonds is 7. The Labute approximate surface area is 168 Å². The smallest absolute Gasteiger partial charge is 0.246 e. The maximum Gasteiger partial charge on any atom is 0.246 e. The van der Waals surface area contributed by atoms with Gasteiger partial charge in [0.05, 0.1) is 16.4 Å². The van der Waals surface area contributed by atoms with Crippen LogP contribution < -0.4 is 15.4 Å². The van der Waals surface area contributed by atoms with Gasteiger partial charge in [0.1, 0.15) is 36.9 Å². The molecule has 4 N–H and O–H groups in total. The van der Waals surface area contributed by atoms with Crippen LogP contribution in [-0.4, -0.2) is 44.8 Å². The van der Waals surface area contributed by atoms with Crippen LogP contribution >= 0.6 is 0 Å². The number of anilines is 2. The zero-order chi connectivity index (χ0) is 21.0. The summed E-state index contributed by atoms with van der Waals surface area (Å²) in [7, 11) is 0. The molecular formula is C21H24N4O4. The average molecular weight is 396 g/mol. The van der Waals surface area contributed by atoms with Crippen molar-refractivity contribution in [1.82, 2.24) is 15.3 Å². The SMILES string of the molecule is Cc1cc(Nc2ncnc3cccc(OCC(C)(C)NC(=O)CO)c23)ccc1O. The predicted molar refractivity (Wildman–Crippen MR) is 110 cm³/mol. The number of hydrogen-bond donors (Lipinski definition) is 4. The van der Waals surface area contributed by atoms with Crippen LogP contribution in [0, 0.1) is 6.92 Å². The number of carbonyl (C=O) groups is 1. The third kappa shape index (κ3) is 4.91. The second-order valence-corrected chi connectivity index (χ2v) is 7.38. The van der Waals surface area contributed by atoms with Gasteiger partial charge in [0.25, 0.3) is 0 Å². The summed E-state index contributed by atoms with van der Waals surface area (Å²) < 4.78 is 5.99. The van der Waals surface area contributed by atoms with E-state index in [1.165, 1.54) is 6.33 Å². The number of phenols is 1. The summed E-state index contributed by atoms with van der Waals surface area (Å²) in [6, 6.07) is 10.7. The van der Waals surface area contributed by atoms with Crippen LogP contribution in [-0.2, 0) is 4.79 Å². The van der Waals surface area contributed by atoms with Gasteiger partial charge in [0.2, 0.25) is 5.91 Å². The van der Waals surface area contributed by atoms with E-state index in [2.05, 4.69) is 20.6 Å². The van der Waals surface area contributed by atoms with E-state index in [9.17, 15) is 9.90 Å². The number of aliphatic hydroxyl groups is 1. The van der Waals surface area contributed by atoms with Gasteiger partial charge in [-0.3, -0.25) is 4.79 Å². The van der Waals surface area contributed by atoms with E-state index in [-0.39, 0.29) is 12.4 Å². The number of hydrogen-bond acceptors (Lipinski definition) is 7. The van der Waals surface area contributed by atoms with Crippen molar-refractivity contribution in [3.05, 3.63) is 48.3 Å². The maximum absolute atomic E-state index is 11.5. The highest BCUT2D eigenvalue weighted by Crippen LogP contribution is 2.32. The predicted octanol–water partition coefficient (Wildman–Crippen LogP) is 2.65. The number of aromatic hydroxyl groups is 1. The molecule has 152 valence electrons. The normalized spacial score (nSPS) is 11.3. The minimum atomic E-state index is -0.681. The molecule has 8 nitrogen and oxygen atoms in total. The first-order valence-corrected chi connectivity index (χ1v) is 9.14. The number of phenolic OH excluding ortho intramolecular Hbond substituents is 1. The monoisotopic (exact) mass is 396 g/mol. The summed E-state index contributed by atoms with van der Waals surface area (Å²) in [4.78, 5) is 20.2. The minimum absolute atomic E-state index is 0.185. The fourth-order valence-corrected chi connectivity index (χ4v) is 2.87. The largest absolute Gasteiger partial charge is 0.508 e. The maximum atomic E-state index is 11.5. The van der Waals surface area contributed by atoms with Gasteiger partial charge >= 0.3 is 0 Å². The van der Waals surface area contributed by atoms with Gasteiger partial charge in [-0.1, -0.05) is 6.07 Å². The van der Waals surface area contributed by atoms with Gasteiger partial charge in [-0.25, -0.2) is 9.97 Å². The zero-order valence-corrected chi connectivity index (χ0v) is 16.6. The number of benzene rings is 2. The second-order valence-electron chi connectivity index (χ2n) is 7.38. The van der Waals surface area contributed by atoms with E-state index >= 15 is 0 Å². The van der Waals surface area contributed by atoms with E-state index in [0.717, 1.165) is 11.3 Å². The molecule has 0 saturated carbocycles. The summed E-state index contributed by atoms with van der Waals surface area (Å²) in [5.74, 6) is 0.879. The Kier molecular flexibility index (Phi) is 5.84. The summed E-state index contributed by atoms with van der Waals surface area (Å²) >= 11 is 0.